The van der Waals surface area contributed by atoms with Crippen molar-refractivity contribution in [2.75, 3.05) is 26.4 Å². The number of carbonyl (C=O) groups excluding carboxylic acids is 2. The van der Waals surface area contributed by atoms with Gasteiger partial charge in [0.05, 0.1) is 26.4 Å². The van der Waals surface area contributed by atoms with E-state index in [9.17, 15) is 9.59 Å². The summed E-state index contributed by atoms with van der Waals surface area (Å²) in [5.74, 6) is 7.27. The number of esters is 2. The minimum absolute atomic E-state index is 0.369. The molecular formula is C32H38O6. The highest BCUT2D eigenvalue weighted by molar-refractivity contribution is 5.81. The van der Waals surface area contributed by atoms with Crippen molar-refractivity contribution in [1.82, 2.24) is 0 Å². The van der Waals surface area contributed by atoms with Gasteiger partial charge in [-0.2, -0.15) is 0 Å². The molecule has 0 N–H and O–H groups in total. The van der Waals surface area contributed by atoms with Crippen LogP contribution in [-0.4, -0.2) is 38.4 Å². The maximum atomic E-state index is 11.0. The minimum Gasteiger partial charge on any atom is -0.494 e. The van der Waals surface area contributed by atoms with Gasteiger partial charge in [-0.1, -0.05) is 25.0 Å². The fraction of sp³-hybridized carbons (Fsp3) is 0.375. The van der Waals surface area contributed by atoms with Crippen molar-refractivity contribution in [3.05, 3.63) is 85.0 Å². The summed E-state index contributed by atoms with van der Waals surface area (Å²) in [7, 11) is 0. The molecule has 2 aromatic rings. The van der Waals surface area contributed by atoms with E-state index < -0.39 is 0 Å². The lowest BCUT2D eigenvalue weighted by Gasteiger charge is -2.06. The molecule has 0 spiro atoms. The quantitative estimate of drug-likeness (QED) is 0.0981. The topological polar surface area (TPSA) is 71.1 Å². The van der Waals surface area contributed by atoms with Crippen LogP contribution in [0.1, 0.15) is 62.5 Å². The summed E-state index contributed by atoms with van der Waals surface area (Å²) in [5.41, 5.74) is 1.84. The molecule has 0 aliphatic heterocycles. The van der Waals surface area contributed by atoms with Crippen molar-refractivity contribution in [3.8, 4) is 23.3 Å². The third-order valence-electron chi connectivity index (χ3n) is 5.50. The Morgan fingerprint density at radius 2 is 0.895 bits per heavy atom. The SMILES string of the molecule is C=CC(=O)OCCCCCCOc1ccc(C#Cc2ccc(OCCCCCCOC(=O)C=C)cc2)cc1. The van der Waals surface area contributed by atoms with Gasteiger partial charge < -0.3 is 18.9 Å². The van der Waals surface area contributed by atoms with Gasteiger partial charge in [-0.05, 0) is 99.9 Å². The standard InChI is InChI=1S/C32H38O6/c1-3-31(33)37-25-11-7-5-9-23-35-29-19-15-27(16-20-29)13-14-28-17-21-30(22-18-28)36-24-10-6-8-12-26-38-32(34)4-2/h3-4,15-22H,1-2,5-12,23-26H2. The average Bonchev–Trinajstić information content (AvgIpc) is 2.95. The number of rotatable bonds is 18. The van der Waals surface area contributed by atoms with Gasteiger partial charge in [0.25, 0.3) is 0 Å². The van der Waals surface area contributed by atoms with E-state index in [1.54, 1.807) is 0 Å². The monoisotopic (exact) mass is 518 g/mol. The van der Waals surface area contributed by atoms with Gasteiger partial charge in [0.2, 0.25) is 0 Å². The minimum atomic E-state index is -0.369. The largest absolute Gasteiger partial charge is 0.494 e. The van der Waals surface area contributed by atoms with Crippen LogP contribution in [0.25, 0.3) is 0 Å². The molecule has 0 aromatic heterocycles. The summed E-state index contributed by atoms with van der Waals surface area (Å²) >= 11 is 0. The molecule has 0 saturated carbocycles. The first-order valence-corrected chi connectivity index (χ1v) is 13.2. The molecule has 6 nitrogen and oxygen atoms in total. The zero-order valence-corrected chi connectivity index (χ0v) is 22.1. The molecule has 38 heavy (non-hydrogen) atoms. The number of hydrogen-bond acceptors (Lipinski definition) is 6. The maximum absolute atomic E-state index is 11.0. The van der Waals surface area contributed by atoms with E-state index in [1.165, 1.54) is 12.2 Å². The Morgan fingerprint density at radius 3 is 1.24 bits per heavy atom. The summed E-state index contributed by atoms with van der Waals surface area (Å²) in [6.07, 6.45) is 9.99. The Morgan fingerprint density at radius 1 is 0.553 bits per heavy atom. The van der Waals surface area contributed by atoms with E-state index in [-0.39, 0.29) is 11.9 Å². The second-order valence-corrected chi connectivity index (χ2v) is 8.57. The number of carbonyl (C=O) groups is 2. The van der Waals surface area contributed by atoms with Gasteiger partial charge in [-0.15, -0.1) is 0 Å². The fourth-order valence-corrected chi connectivity index (χ4v) is 3.37. The number of hydrogen-bond donors (Lipinski definition) is 0. The van der Waals surface area contributed by atoms with E-state index in [0.29, 0.717) is 26.4 Å². The molecule has 0 aliphatic rings. The van der Waals surface area contributed by atoms with E-state index in [1.807, 2.05) is 48.5 Å². The van der Waals surface area contributed by atoms with Crippen LogP contribution in [0.3, 0.4) is 0 Å². The van der Waals surface area contributed by atoms with E-state index in [2.05, 4.69) is 25.0 Å². The molecule has 0 amide bonds. The molecule has 0 heterocycles. The van der Waals surface area contributed by atoms with Gasteiger partial charge in [-0.25, -0.2) is 9.59 Å². The van der Waals surface area contributed by atoms with E-state index >= 15 is 0 Å². The summed E-state index contributed by atoms with van der Waals surface area (Å²) in [5, 5.41) is 0. The lowest BCUT2D eigenvalue weighted by molar-refractivity contribution is -0.138. The summed E-state index contributed by atoms with van der Waals surface area (Å²) in [6, 6.07) is 15.6. The van der Waals surface area contributed by atoms with Crippen molar-refractivity contribution in [2.45, 2.75) is 51.4 Å². The fourth-order valence-electron chi connectivity index (χ4n) is 3.37. The summed E-state index contributed by atoms with van der Waals surface area (Å²) in [4.78, 5) is 21.9. The molecule has 0 bridgehead atoms. The predicted molar refractivity (Wildman–Crippen MR) is 149 cm³/mol. The number of ether oxygens (including phenoxy) is 4. The molecule has 2 aromatic carbocycles. The molecular weight excluding hydrogens is 480 g/mol. The summed E-state index contributed by atoms with van der Waals surface area (Å²) in [6.45, 7) is 8.92. The molecule has 0 saturated heterocycles. The van der Waals surface area contributed by atoms with Crippen molar-refractivity contribution in [3.63, 3.8) is 0 Å². The Hall–Kier alpha value is -3.98. The first-order chi connectivity index (χ1) is 18.6. The van der Waals surface area contributed by atoms with Crippen LogP contribution in [-0.2, 0) is 19.1 Å². The van der Waals surface area contributed by atoms with Crippen LogP contribution in [0, 0.1) is 11.8 Å². The number of unbranched alkanes of at least 4 members (excludes halogenated alkanes) is 6. The highest BCUT2D eigenvalue weighted by Gasteiger charge is 1.99. The average molecular weight is 519 g/mol. The smallest absolute Gasteiger partial charge is 0.330 e. The molecule has 6 heteroatoms. The Bertz CT molecular complexity index is 961. The molecule has 2 rings (SSSR count). The first kappa shape index (κ1) is 30.2. The van der Waals surface area contributed by atoms with Crippen molar-refractivity contribution in [1.29, 1.82) is 0 Å². The highest BCUT2D eigenvalue weighted by atomic mass is 16.5. The number of benzene rings is 2. The zero-order valence-electron chi connectivity index (χ0n) is 22.1. The van der Waals surface area contributed by atoms with E-state index in [4.69, 9.17) is 18.9 Å². The van der Waals surface area contributed by atoms with Gasteiger partial charge >= 0.3 is 11.9 Å². The highest BCUT2D eigenvalue weighted by Crippen LogP contribution is 2.15. The van der Waals surface area contributed by atoms with Crippen molar-refractivity contribution >= 4 is 11.9 Å². The van der Waals surface area contributed by atoms with Crippen LogP contribution in [0.4, 0.5) is 0 Å². The van der Waals surface area contributed by atoms with Gasteiger partial charge in [-0.3, -0.25) is 0 Å². The van der Waals surface area contributed by atoms with Crippen LogP contribution >= 0.6 is 0 Å². The predicted octanol–water partition coefficient (Wildman–Crippen LogP) is 6.42. The van der Waals surface area contributed by atoms with Gasteiger partial charge in [0, 0.05) is 23.3 Å². The molecule has 0 aliphatic carbocycles. The Labute approximate surface area is 226 Å². The van der Waals surface area contributed by atoms with Crippen molar-refractivity contribution in [2.24, 2.45) is 0 Å². The lowest BCUT2D eigenvalue weighted by atomic mass is 10.1. The first-order valence-electron chi connectivity index (χ1n) is 13.2. The van der Waals surface area contributed by atoms with Crippen molar-refractivity contribution < 1.29 is 28.5 Å². The third kappa shape index (κ3) is 13.9. The van der Waals surface area contributed by atoms with Gasteiger partial charge in [0.15, 0.2) is 0 Å². The lowest BCUT2D eigenvalue weighted by Crippen LogP contribution is -2.02. The molecule has 202 valence electrons. The molecule has 0 fully saturated rings. The van der Waals surface area contributed by atoms with Crippen LogP contribution in [0.15, 0.2) is 73.8 Å². The van der Waals surface area contributed by atoms with Crippen LogP contribution in [0.2, 0.25) is 0 Å². The second-order valence-electron chi connectivity index (χ2n) is 8.57. The van der Waals surface area contributed by atoms with E-state index in [0.717, 1.165) is 74.0 Å². The third-order valence-corrected chi connectivity index (χ3v) is 5.50. The van der Waals surface area contributed by atoms with Crippen LogP contribution in [0.5, 0.6) is 11.5 Å². The van der Waals surface area contributed by atoms with Crippen LogP contribution < -0.4 is 9.47 Å². The Balaban J connectivity index is 1.58. The molecule has 0 atom stereocenters. The normalized spacial score (nSPS) is 10.0. The molecule has 0 radical (unpaired) electrons. The maximum Gasteiger partial charge on any atom is 0.330 e. The van der Waals surface area contributed by atoms with Gasteiger partial charge in [0.1, 0.15) is 11.5 Å². The Kier molecular flexibility index (Phi) is 15.3. The zero-order chi connectivity index (χ0) is 27.3. The second kappa shape index (κ2) is 19.2. The molecule has 0 unspecified atom stereocenters. The summed E-state index contributed by atoms with van der Waals surface area (Å²) < 4.78 is 21.5.